The molecule has 32 heavy (non-hydrogen) atoms. The molecule has 0 bridgehead atoms. The van der Waals surface area contributed by atoms with Gasteiger partial charge in [-0.2, -0.15) is 13.2 Å². The highest BCUT2D eigenvalue weighted by Gasteiger charge is 2.45. The number of alkyl halides is 5. The Bertz CT molecular complexity index is 1180. The van der Waals surface area contributed by atoms with Crippen LogP contribution in [0, 0.1) is 5.92 Å². The van der Waals surface area contributed by atoms with Gasteiger partial charge in [0, 0.05) is 11.8 Å². The summed E-state index contributed by atoms with van der Waals surface area (Å²) < 4.78 is 99.9. The molecule has 1 aliphatic heterocycles. The van der Waals surface area contributed by atoms with Gasteiger partial charge in [0.25, 0.3) is 16.4 Å². The molecule has 0 amide bonds. The van der Waals surface area contributed by atoms with Gasteiger partial charge in [0.2, 0.25) is 0 Å². The highest BCUT2D eigenvalue weighted by atomic mass is 32.2. The summed E-state index contributed by atoms with van der Waals surface area (Å²) in [5, 5.41) is 0. The number of hydrogen-bond donors (Lipinski definition) is 0. The van der Waals surface area contributed by atoms with Gasteiger partial charge in [-0.15, -0.1) is 0 Å². The number of carbonyl (C=O) groups is 1. The van der Waals surface area contributed by atoms with Crippen LogP contribution in [-0.2, 0) is 25.7 Å². The van der Waals surface area contributed by atoms with Crippen molar-refractivity contribution in [2.45, 2.75) is 26.4 Å². The van der Waals surface area contributed by atoms with Gasteiger partial charge < -0.3 is 4.74 Å². The van der Waals surface area contributed by atoms with Crippen molar-refractivity contribution < 1.29 is 39.9 Å². The fourth-order valence-corrected chi connectivity index (χ4v) is 4.80. The highest BCUT2D eigenvalue weighted by Crippen LogP contribution is 2.46. The number of ether oxygens (including phenoxy) is 1. The number of sulfonamides is 1. The van der Waals surface area contributed by atoms with E-state index in [1.54, 1.807) is 0 Å². The van der Waals surface area contributed by atoms with E-state index in [0.717, 1.165) is 24.4 Å². The van der Waals surface area contributed by atoms with Crippen molar-refractivity contribution in [1.82, 2.24) is 4.98 Å². The first-order valence-electron chi connectivity index (χ1n) is 9.24. The van der Waals surface area contributed by atoms with Gasteiger partial charge in [-0.25, -0.2) is 26.5 Å². The summed E-state index contributed by atoms with van der Waals surface area (Å²) in [5.74, 6) is -2.86. The van der Waals surface area contributed by atoms with Gasteiger partial charge in [0.1, 0.15) is 4.91 Å². The second-order valence-electron chi connectivity index (χ2n) is 7.08. The molecule has 172 valence electrons. The van der Waals surface area contributed by atoms with E-state index in [9.17, 15) is 35.2 Å². The quantitative estimate of drug-likeness (QED) is 0.468. The molecule has 0 atom stereocenters. The Hall–Kier alpha value is -3.02. The van der Waals surface area contributed by atoms with Crippen LogP contribution in [0.25, 0.3) is 10.7 Å². The molecule has 0 N–H and O–H groups in total. The van der Waals surface area contributed by atoms with Gasteiger partial charge in [0.15, 0.2) is 11.6 Å². The normalized spacial score (nSPS) is 15.8. The van der Waals surface area contributed by atoms with Crippen molar-refractivity contribution in [1.29, 1.82) is 0 Å². The molecule has 12 heteroatoms. The number of carbonyl (C=O) groups excluding carboxylic acids is 1. The molecule has 6 nitrogen and oxygen atoms in total. The van der Waals surface area contributed by atoms with Crippen molar-refractivity contribution in [3.63, 3.8) is 0 Å². The van der Waals surface area contributed by atoms with E-state index >= 15 is 0 Å². The summed E-state index contributed by atoms with van der Waals surface area (Å²) in [6.45, 7) is 1.53. The summed E-state index contributed by atoms with van der Waals surface area (Å²) in [4.78, 5) is 15.1. The van der Waals surface area contributed by atoms with Crippen molar-refractivity contribution >= 4 is 32.5 Å². The lowest BCUT2D eigenvalue weighted by molar-refractivity contribution is -0.140. The molecular weight excluding hydrogens is 459 g/mol. The average molecular weight is 476 g/mol. The molecule has 2 aromatic rings. The van der Waals surface area contributed by atoms with E-state index < -0.39 is 68.7 Å². The summed E-state index contributed by atoms with van der Waals surface area (Å²) >= 11 is 0. The minimum Gasteiger partial charge on any atom is -0.424 e. The van der Waals surface area contributed by atoms with Crippen molar-refractivity contribution in [2.24, 2.45) is 5.92 Å². The number of benzene rings is 1. The Morgan fingerprint density at radius 3 is 2.31 bits per heavy atom. The predicted octanol–water partition coefficient (Wildman–Crippen LogP) is 4.54. The topological polar surface area (TPSA) is 76.6 Å². The molecule has 0 saturated heterocycles. The van der Waals surface area contributed by atoms with Gasteiger partial charge in [-0.3, -0.25) is 4.79 Å². The fourth-order valence-electron chi connectivity index (χ4n) is 3.06. The average Bonchev–Trinajstić information content (AvgIpc) is 2.70. The lowest BCUT2D eigenvalue weighted by Gasteiger charge is -2.32. The summed E-state index contributed by atoms with van der Waals surface area (Å²) in [5.41, 5.74) is -2.37. The van der Waals surface area contributed by atoms with Gasteiger partial charge in [0.05, 0.1) is 23.6 Å². The molecule has 3 rings (SSSR count). The first kappa shape index (κ1) is 23.6. The van der Waals surface area contributed by atoms with E-state index in [1.807, 2.05) is 0 Å². The summed E-state index contributed by atoms with van der Waals surface area (Å²) in [6.07, 6.45) is -7.00. The molecule has 0 radical (unpaired) electrons. The third-order valence-electron chi connectivity index (χ3n) is 4.48. The lowest BCUT2D eigenvalue weighted by Crippen LogP contribution is -2.40. The zero-order valence-corrected chi connectivity index (χ0v) is 17.5. The maximum Gasteiger partial charge on any atom is 0.417 e. The Morgan fingerprint density at radius 2 is 1.72 bits per heavy atom. The van der Waals surface area contributed by atoms with Gasteiger partial charge >= 0.3 is 12.1 Å². The number of halogens is 5. The third-order valence-corrected chi connectivity index (χ3v) is 6.30. The molecule has 0 unspecified atom stereocenters. The van der Waals surface area contributed by atoms with Crippen LogP contribution in [0.5, 0.6) is 0 Å². The Kier molecular flexibility index (Phi) is 6.27. The number of hydrogen-bond acceptors (Lipinski definition) is 5. The number of esters is 1. The molecule has 0 spiro atoms. The minimum atomic E-state index is -5.04. The van der Waals surface area contributed by atoms with E-state index in [4.69, 9.17) is 4.74 Å². The maximum atomic E-state index is 13.7. The Morgan fingerprint density at radius 1 is 1.09 bits per heavy atom. The molecule has 1 aliphatic rings. The standard InChI is InChI=1S/C20H17F5N2O4S/c1-11(2)19(28)31-16-13-7-5-9-26-18(13)27(10-15(21)22)32(29,30)17(16)12-6-3-4-8-14(12)20(23,24)25/h3-9,11,15H,10H2,1-2H3. The van der Waals surface area contributed by atoms with Crippen LogP contribution in [0.2, 0.25) is 0 Å². The van der Waals surface area contributed by atoms with Crippen LogP contribution in [0.3, 0.4) is 0 Å². The summed E-state index contributed by atoms with van der Waals surface area (Å²) in [7, 11) is -5.04. The molecule has 2 heterocycles. The van der Waals surface area contributed by atoms with Crippen LogP contribution < -0.4 is 4.31 Å². The van der Waals surface area contributed by atoms with E-state index in [-0.39, 0.29) is 9.87 Å². The number of nitrogens with zero attached hydrogens (tertiary/aromatic N) is 2. The Balaban J connectivity index is 2.44. The maximum absolute atomic E-state index is 13.7. The van der Waals surface area contributed by atoms with Crippen molar-refractivity contribution in [3.05, 3.63) is 59.3 Å². The first-order chi connectivity index (χ1) is 14.9. The number of pyridine rings is 1. The minimum absolute atomic E-state index is 0.205. The molecule has 1 aromatic heterocycles. The molecule has 0 saturated carbocycles. The molecule has 0 aliphatic carbocycles. The second-order valence-corrected chi connectivity index (χ2v) is 8.88. The SMILES string of the molecule is CC(C)C(=O)OC1=C(c2ccccc2C(F)(F)F)S(=O)(=O)N(CC(F)F)c2ncccc21. The smallest absolute Gasteiger partial charge is 0.417 e. The number of aromatic nitrogens is 1. The van der Waals surface area contributed by atoms with Crippen LogP contribution in [0.15, 0.2) is 42.6 Å². The number of fused-ring (bicyclic) bond motifs is 1. The van der Waals surface area contributed by atoms with E-state index in [0.29, 0.717) is 6.07 Å². The molecule has 0 fully saturated rings. The lowest BCUT2D eigenvalue weighted by atomic mass is 10.0. The predicted molar refractivity (Wildman–Crippen MR) is 106 cm³/mol. The van der Waals surface area contributed by atoms with Crippen molar-refractivity contribution in [3.8, 4) is 0 Å². The largest absolute Gasteiger partial charge is 0.424 e. The zero-order chi connectivity index (χ0) is 23.8. The molecule has 1 aromatic carbocycles. The second kappa shape index (κ2) is 8.49. The highest BCUT2D eigenvalue weighted by molar-refractivity contribution is 8.02. The number of anilines is 1. The fraction of sp³-hybridized carbons (Fsp3) is 0.300. The molecular formula is C20H17F5N2O4S. The van der Waals surface area contributed by atoms with E-state index in [2.05, 4.69) is 4.98 Å². The first-order valence-corrected chi connectivity index (χ1v) is 10.7. The van der Waals surface area contributed by atoms with Crippen LogP contribution in [-0.4, -0.2) is 32.3 Å². The van der Waals surface area contributed by atoms with Crippen LogP contribution >= 0.6 is 0 Å². The van der Waals surface area contributed by atoms with E-state index in [1.165, 1.54) is 26.0 Å². The third kappa shape index (κ3) is 4.31. The van der Waals surface area contributed by atoms with Gasteiger partial charge in [-0.05, 0) is 18.2 Å². The van der Waals surface area contributed by atoms with Crippen LogP contribution in [0.1, 0.15) is 30.5 Å². The van der Waals surface area contributed by atoms with Crippen LogP contribution in [0.4, 0.5) is 27.8 Å². The van der Waals surface area contributed by atoms with Gasteiger partial charge in [-0.1, -0.05) is 32.0 Å². The Labute approximate surface area is 180 Å². The number of rotatable bonds is 5. The van der Waals surface area contributed by atoms with Crippen molar-refractivity contribution in [2.75, 3.05) is 10.8 Å². The monoisotopic (exact) mass is 476 g/mol. The summed E-state index contributed by atoms with van der Waals surface area (Å²) in [6, 6.07) is 6.28. The zero-order valence-electron chi connectivity index (χ0n) is 16.7.